The van der Waals surface area contributed by atoms with Gasteiger partial charge in [0, 0.05) is 51.7 Å². The molecular formula is C28H37N3O. The minimum Gasteiger partial charge on any atom is -0.342 e. The fraction of sp³-hybridized carbons (Fsp3) is 0.536. The van der Waals surface area contributed by atoms with E-state index < -0.39 is 0 Å². The van der Waals surface area contributed by atoms with E-state index in [-0.39, 0.29) is 0 Å². The van der Waals surface area contributed by atoms with Gasteiger partial charge in [0.05, 0.1) is 6.04 Å². The van der Waals surface area contributed by atoms with Crippen molar-refractivity contribution in [2.45, 2.75) is 32.2 Å². The van der Waals surface area contributed by atoms with E-state index in [0.717, 1.165) is 58.2 Å². The highest BCUT2D eigenvalue weighted by molar-refractivity contribution is 5.81. The van der Waals surface area contributed by atoms with Gasteiger partial charge >= 0.3 is 0 Å². The van der Waals surface area contributed by atoms with E-state index >= 15 is 0 Å². The van der Waals surface area contributed by atoms with Crippen LogP contribution in [-0.2, 0) is 4.79 Å². The van der Waals surface area contributed by atoms with E-state index in [2.05, 4.69) is 82.3 Å². The fourth-order valence-corrected chi connectivity index (χ4v) is 5.64. The predicted octanol–water partition coefficient (Wildman–Crippen LogP) is 4.29. The summed E-state index contributed by atoms with van der Waals surface area (Å²) < 4.78 is 0. The summed E-state index contributed by atoms with van der Waals surface area (Å²) in [5, 5.41) is 0. The second kappa shape index (κ2) is 9.76. The largest absolute Gasteiger partial charge is 0.342 e. The van der Waals surface area contributed by atoms with E-state index in [4.69, 9.17) is 0 Å². The van der Waals surface area contributed by atoms with Crippen molar-refractivity contribution in [2.24, 2.45) is 17.8 Å². The zero-order valence-corrected chi connectivity index (χ0v) is 19.4. The number of hydrogen-bond acceptors (Lipinski definition) is 3. The van der Waals surface area contributed by atoms with E-state index in [1.807, 2.05) is 0 Å². The molecule has 2 aromatic rings. The molecule has 1 amide bonds. The van der Waals surface area contributed by atoms with Crippen molar-refractivity contribution in [3.05, 3.63) is 71.8 Å². The average molecular weight is 432 g/mol. The molecule has 32 heavy (non-hydrogen) atoms. The van der Waals surface area contributed by atoms with Crippen LogP contribution in [0, 0.1) is 17.8 Å². The zero-order valence-electron chi connectivity index (χ0n) is 19.4. The van der Waals surface area contributed by atoms with Crippen molar-refractivity contribution in [3.8, 4) is 0 Å². The third kappa shape index (κ3) is 4.92. The molecule has 4 heteroatoms. The highest BCUT2D eigenvalue weighted by Crippen LogP contribution is 2.41. The third-order valence-electron chi connectivity index (χ3n) is 7.83. The summed E-state index contributed by atoms with van der Waals surface area (Å²) in [6.07, 6.45) is 3.45. The van der Waals surface area contributed by atoms with Crippen molar-refractivity contribution in [1.82, 2.24) is 14.7 Å². The van der Waals surface area contributed by atoms with Crippen LogP contribution >= 0.6 is 0 Å². The van der Waals surface area contributed by atoms with Crippen molar-refractivity contribution < 1.29 is 4.79 Å². The van der Waals surface area contributed by atoms with E-state index in [9.17, 15) is 4.79 Å². The number of hydrogen-bond donors (Lipinski definition) is 0. The first kappa shape index (κ1) is 21.7. The van der Waals surface area contributed by atoms with Crippen LogP contribution in [0.1, 0.15) is 43.4 Å². The molecule has 170 valence electrons. The first-order valence-corrected chi connectivity index (χ1v) is 12.5. The Bertz CT molecular complexity index is 831. The SMILES string of the molecule is CC1CCN(C(=O)C2CC2CN2CCN(C(c3ccccc3)c3ccccc3)CC2)CC1. The van der Waals surface area contributed by atoms with Gasteiger partial charge in [-0.2, -0.15) is 0 Å². The lowest BCUT2D eigenvalue weighted by Crippen LogP contribution is -2.48. The van der Waals surface area contributed by atoms with Gasteiger partial charge in [-0.15, -0.1) is 0 Å². The minimum atomic E-state index is 0.294. The first-order valence-electron chi connectivity index (χ1n) is 12.5. The lowest BCUT2D eigenvalue weighted by molar-refractivity contribution is -0.134. The van der Waals surface area contributed by atoms with Crippen LogP contribution in [-0.4, -0.2) is 66.4 Å². The van der Waals surface area contributed by atoms with Crippen LogP contribution in [0.2, 0.25) is 0 Å². The maximum atomic E-state index is 12.9. The molecule has 4 nitrogen and oxygen atoms in total. The molecule has 3 aliphatic rings. The number of carbonyl (C=O) groups is 1. The van der Waals surface area contributed by atoms with Crippen LogP contribution in [0.4, 0.5) is 0 Å². The van der Waals surface area contributed by atoms with Crippen LogP contribution in [0.3, 0.4) is 0 Å². The molecule has 2 heterocycles. The Morgan fingerprint density at radius 2 is 1.41 bits per heavy atom. The van der Waals surface area contributed by atoms with Crippen molar-refractivity contribution in [1.29, 1.82) is 0 Å². The molecule has 0 N–H and O–H groups in total. The number of rotatable bonds is 6. The number of amides is 1. The Morgan fingerprint density at radius 3 is 1.97 bits per heavy atom. The van der Waals surface area contributed by atoms with E-state index in [1.54, 1.807) is 0 Å². The fourth-order valence-electron chi connectivity index (χ4n) is 5.64. The summed E-state index contributed by atoms with van der Waals surface area (Å²) >= 11 is 0. The maximum absolute atomic E-state index is 12.9. The summed E-state index contributed by atoms with van der Waals surface area (Å²) in [6, 6.07) is 22.1. The van der Waals surface area contributed by atoms with Gasteiger partial charge < -0.3 is 9.80 Å². The predicted molar refractivity (Wildman–Crippen MR) is 129 cm³/mol. The highest BCUT2D eigenvalue weighted by Gasteiger charge is 2.46. The zero-order chi connectivity index (χ0) is 21.9. The third-order valence-corrected chi connectivity index (χ3v) is 7.83. The summed E-state index contributed by atoms with van der Waals surface area (Å²) in [6.45, 7) is 9.68. The smallest absolute Gasteiger partial charge is 0.226 e. The Kier molecular flexibility index (Phi) is 6.61. The summed E-state index contributed by atoms with van der Waals surface area (Å²) in [7, 11) is 0. The van der Waals surface area contributed by atoms with Gasteiger partial charge in [-0.1, -0.05) is 67.6 Å². The molecule has 5 rings (SSSR count). The topological polar surface area (TPSA) is 26.8 Å². The van der Waals surface area contributed by atoms with Crippen LogP contribution < -0.4 is 0 Å². The Labute approximate surface area is 193 Å². The van der Waals surface area contributed by atoms with Gasteiger partial charge in [0.25, 0.3) is 0 Å². The molecule has 2 aliphatic heterocycles. The monoisotopic (exact) mass is 431 g/mol. The quantitative estimate of drug-likeness (QED) is 0.683. The van der Waals surface area contributed by atoms with Gasteiger partial charge in [0.2, 0.25) is 5.91 Å². The van der Waals surface area contributed by atoms with Crippen molar-refractivity contribution in [2.75, 3.05) is 45.8 Å². The van der Waals surface area contributed by atoms with E-state index in [1.165, 1.54) is 24.0 Å². The number of likely N-dealkylation sites (tertiary alicyclic amines) is 1. The standard InChI is InChI=1S/C28H37N3O/c1-22-12-14-31(15-13-22)28(32)26-20-25(26)21-29-16-18-30(19-17-29)27(23-8-4-2-5-9-23)24-10-6-3-7-11-24/h2-11,22,25-27H,12-21H2,1H3. The molecular weight excluding hydrogens is 394 g/mol. The normalized spacial score (nSPS) is 25.2. The van der Waals surface area contributed by atoms with Gasteiger partial charge in [0.1, 0.15) is 0 Å². The molecule has 2 atom stereocenters. The Hall–Kier alpha value is -2.17. The van der Waals surface area contributed by atoms with Crippen molar-refractivity contribution >= 4 is 5.91 Å². The number of piperazine rings is 1. The lowest BCUT2D eigenvalue weighted by atomic mass is 9.96. The average Bonchev–Trinajstić information content (AvgIpc) is 3.61. The number of carbonyl (C=O) groups excluding carboxylic acids is 1. The molecule has 1 aliphatic carbocycles. The molecule has 2 unspecified atom stereocenters. The van der Waals surface area contributed by atoms with Gasteiger partial charge in [-0.05, 0) is 42.2 Å². The molecule has 1 saturated carbocycles. The van der Waals surface area contributed by atoms with Crippen LogP contribution in [0.25, 0.3) is 0 Å². The van der Waals surface area contributed by atoms with Crippen LogP contribution in [0.5, 0.6) is 0 Å². The molecule has 0 spiro atoms. The molecule has 3 fully saturated rings. The van der Waals surface area contributed by atoms with Crippen LogP contribution in [0.15, 0.2) is 60.7 Å². The number of benzene rings is 2. The first-order chi connectivity index (χ1) is 15.7. The lowest BCUT2D eigenvalue weighted by Gasteiger charge is -2.40. The molecule has 0 radical (unpaired) electrons. The second-order valence-corrected chi connectivity index (χ2v) is 10.2. The maximum Gasteiger partial charge on any atom is 0.226 e. The van der Waals surface area contributed by atoms with E-state index in [0.29, 0.717) is 23.8 Å². The van der Waals surface area contributed by atoms with Crippen molar-refractivity contribution in [3.63, 3.8) is 0 Å². The molecule has 0 bridgehead atoms. The Morgan fingerprint density at radius 1 is 0.844 bits per heavy atom. The molecule has 0 aromatic heterocycles. The Balaban J connectivity index is 1.15. The molecule has 2 saturated heterocycles. The molecule has 2 aromatic carbocycles. The summed E-state index contributed by atoms with van der Waals surface area (Å²) in [4.78, 5) is 20.2. The van der Waals surface area contributed by atoms with Gasteiger partial charge in [-0.25, -0.2) is 0 Å². The van der Waals surface area contributed by atoms with Gasteiger partial charge in [-0.3, -0.25) is 9.69 Å². The number of piperidine rings is 1. The summed E-state index contributed by atoms with van der Waals surface area (Å²) in [5.74, 6) is 2.09. The number of nitrogens with zero attached hydrogens (tertiary/aromatic N) is 3. The van der Waals surface area contributed by atoms with Gasteiger partial charge in [0.15, 0.2) is 0 Å². The summed E-state index contributed by atoms with van der Waals surface area (Å²) in [5.41, 5.74) is 2.74. The minimum absolute atomic E-state index is 0.294. The second-order valence-electron chi connectivity index (χ2n) is 10.2. The highest BCUT2D eigenvalue weighted by atomic mass is 16.2.